The zero-order chi connectivity index (χ0) is 12.1. The van der Waals surface area contributed by atoms with Gasteiger partial charge in [0.1, 0.15) is 5.82 Å². The van der Waals surface area contributed by atoms with Crippen molar-refractivity contribution in [2.45, 2.75) is 6.42 Å². The molecule has 0 saturated heterocycles. The van der Waals surface area contributed by atoms with Gasteiger partial charge in [-0.2, -0.15) is 4.98 Å². The van der Waals surface area contributed by atoms with Crippen molar-refractivity contribution in [1.82, 2.24) is 15.5 Å². The van der Waals surface area contributed by atoms with Crippen LogP contribution >= 0.6 is 0 Å². The number of nitrogens with zero attached hydrogens (tertiary/aromatic N) is 2. The van der Waals surface area contributed by atoms with E-state index in [2.05, 4.69) is 15.5 Å². The first-order chi connectivity index (χ1) is 8.25. The van der Waals surface area contributed by atoms with E-state index in [0.717, 1.165) is 0 Å². The van der Waals surface area contributed by atoms with Gasteiger partial charge in [0.2, 0.25) is 5.89 Å². The topological polar surface area (TPSA) is 68.0 Å². The monoisotopic (exact) mass is 235 g/mol. The molecule has 0 fully saturated rings. The van der Waals surface area contributed by atoms with Crippen molar-refractivity contribution in [3.8, 4) is 0 Å². The fourth-order valence-corrected chi connectivity index (χ4v) is 1.29. The molecule has 0 bridgehead atoms. The van der Waals surface area contributed by atoms with Crippen LogP contribution in [-0.4, -0.2) is 22.6 Å². The van der Waals surface area contributed by atoms with Crippen molar-refractivity contribution in [3.63, 3.8) is 0 Å². The number of halogens is 1. The number of rotatable bonds is 4. The van der Waals surface area contributed by atoms with Crippen LogP contribution in [0.2, 0.25) is 0 Å². The van der Waals surface area contributed by atoms with Crippen molar-refractivity contribution in [2.24, 2.45) is 0 Å². The van der Waals surface area contributed by atoms with Crippen LogP contribution in [0.4, 0.5) is 4.39 Å². The van der Waals surface area contributed by atoms with E-state index in [0.29, 0.717) is 24.4 Å². The smallest absolute Gasteiger partial charge is 0.251 e. The Morgan fingerprint density at radius 1 is 1.35 bits per heavy atom. The van der Waals surface area contributed by atoms with Crippen molar-refractivity contribution < 1.29 is 13.7 Å². The Labute approximate surface area is 96.6 Å². The van der Waals surface area contributed by atoms with Gasteiger partial charge in [-0.25, -0.2) is 4.39 Å². The molecule has 1 aromatic heterocycles. The molecule has 88 valence electrons. The Hall–Kier alpha value is -2.24. The van der Waals surface area contributed by atoms with E-state index in [1.807, 2.05) is 0 Å². The first-order valence-electron chi connectivity index (χ1n) is 5.05. The fourth-order valence-electron chi connectivity index (χ4n) is 1.29. The van der Waals surface area contributed by atoms with Crippen molar-refractivity contribution in [3.05, 3.63) is 47.9 Å². The Bertz CT molecular complexity index is 482. The summed E-state index contributed by atoms with van der Waals surface area (Å²) < 4.78 is 17.4. The van der Waals surface area contributed by atoms with Crippen LogP contribution in [0.15, 0.2) is 35.1 Å². The summed E-state index contributed by atoms with van der Waals surface area (Å²) in [5.41, 5.74) is 0.414. The Morgan fingerprint density at radius 2 is 2.12 bits per heavy atom. The lowest BCUT2D eigenvalue weighted by Gasteiger charge is -2.02. The van der Waals surface area contributed by atoms with Gasteiger partial charge >= 0.3 is 0 Å². The molecule has 2 aromatic rings. The van der Waals surface area contributed by atoms with Gasteiger partial charge in [-0.15, -0.1) is 0 Å². The summed E-state index contributed by atoms with van der Waals surface area (Å²) in [5.74, 6) is -0.165. The van der Waals surface area contributed by atoms with Crippen LogP contribution < -0.4 is 5.32 Å². The number of aromatic nitrogens is 2. The lowest BCUT2D eigenvalue weighted by Crippen LogP contribution is -2.25. The molecule has 0 aliphatic carbocycles. The van der Waals surface area contributed by atoms with Gasteiger partial charge < -0.3 is 9.84 Å². The molecule has 0 aliphatic rings. The highest BCUT2D eigenvalue weighted by atomic mass is 19.1. The second kappa shape index (κ2) is 5.20. The molecule has 0 spiro atoms. The maximum Gasteiger partial charge on any atom is 0.251 e. The van der Waals surface area contributed by atoms with Crippen molar-refractivity contribution >= 4 is 5.91 Å². The van der Waals surface area contributed by atoms with E-state index in [9.17, 15) is 9.18 Å². The van der Waals surface area contributed by atoms with Gasteiger partial charge in [-0.1, -0.05) is 5.16 Å². The number of carbonyl (C=O) groups is 1. The van der Waals surface area contributed by atoms with Crippen LogP contribution in [0.5, 0.6) is 0 Å². The highest BCUT2D eigenvalue weighted by Gasteiger charge is 2.05. The summed E-state index contributed by atoms with van der Waals surface area (Å²) in [6.07, 6.45) is 1.77. The third-order valence-corrected chi connectivity index (χ3v) is 2.14. The zero-order valence-corrected chi connectivity index (χ0v) is 8.89. The maximum absolute atomic E-state index is 12.6. The number of hydrogen-bond acceptors (Lipinski definition) is 4. The number of hydrogen-bond donors (Lipinski definition) is 1. The largest absolute Gasteiger partial charge is 0.352 e. The van der Waals surface area contributed by atoms with Gasteiger partial charge in [0.15, 0.2) is 6.33 Å². The van der Waals surface area contributed by atoms with E-state index in [1.54, 1.807) is 0 Å². The molecule has 1 N–H and O–H groups in total. The Morgan fingerprint density at radius 3 is 2.76 bits per heavy atom. The summed E-state index contributed by atoms with van der Waals surface area (Å²) in [5, 5.41) is 6.11. The Kier molecular flexibility index (Phi) is 3.44. The molecule has 0 aliphatic heterocycles. The van der Waals surface area contributed by atoms with Gasteiger partial charge in [-0.05, 0) is 24.3 Å². The lowest BCUT2D eigenvalue weighted by atomic mass is 10.2. The van der Waals surface area contributed by atoms with Crippen LogP contribution in [0, 0.1) is 5.82 Å². The minimum Gasteiger partial charge on any atom is -0.352 e. The molecular weight excluding hydrogens is 225 g/mol. The van der Waals surface area contributed by atoms with Crippen LogP contribution in [0.3, 0.4) is 0 Å². The average molecular weight is 235 g/mol. The van der Waals surface area contributed by atoms with Crippen molar-refractivity contribution in [2.75, 3.05) is 6.54 Å². The molecule has 1 aromatic carbocycles. The molecule has 2 rings (SSSR count). The minimum atomic E-state index is -0.368. The number of nitrogens with one attached hydrogen (secondary N) is 1. The third kappa shape index (κ3) is 3.10. The highest BCUT2D eigenvalue weighted by molar-refractivity contribution is 5.94. The summed E-state index contributed by atoms with van der Waals surface area (Å²) in [7, 11) is 0. The molecule has 0 radical (unpaired) electrons. The molecule has 6 heteroatoms. The standard InChI is InChI=1S/C11H10FN3O2/c12-9-3-1-8(2-4-9)11(16)13-6-5-10-14-7-15-17-10/h1-4,7H,5-6H2,(H,13,16). The second-order valence-corrected chi connectivity index (χ2v) is 3.35. The summed E-state index contributed by atoms with van der Waals surface area (Å²) in [6.45, 7) is 0.387. The first-order valence-corrected chi connectivity index (χ1v) is 5.05. The van der Waals surface area contributed by atoms with Gasteiger partial charge in [0, 0.05) is 18.5 Å². The summed E-state index contributed by atoms with van der Waals surface area (Å²) in [4.78, 5) is 15.4. The molecule has 5 nitrogen and oxygen atoms in total. The Balaban J connectivity index is 1.83. The molecule has 1 amide bonds. The normalized spacial score (nSPS) is 10.2. The molecule has 0 unspecified atom stereocenters. The lowest BCUT2D eigenvalue weighted by molar-refractivity contribution is 0.0953. The van der Waals surface area contributed by atoms with E-state index >= 15 is 0 Å². The first kappa shape index (κ1) is 11.3. The molecular formula is C11H10FN3O2. The quantitative estimate of drug-likeness (QED) is 0.864. The predicted octanol–water partition coefficient (Wildman–Crippen LogP) is 1.18. The van der Waals surface area contributed by atoms with E-state index < -0.39 is 0 Å². The third-order valence-electron chi connectivity index (χ3n) is 2.14. The zero-order valence-electron chi connectivity index (χ0n) is 8.89. The van der Waals surface area contributed by atoms with E-state index in [-0.39, 0.29) is 11.7 Å². The van der Waals surface area contributed by atoms with E-state index in [4.69, 9.17) is 4.52 Å². The van der Waals surface area contributed by atoms with Gasteiger partial charge in [0.25, 0.3) is 5.91 Å². The van der Waals surface area contributed by atoms with Crippen molar-refractivity contribution in [1.29, 1.82) is 0 Å². The SMILES string of the molecule is O=C(NCCc1ncno1)c1ccc(F)cc1. The molecule has 17 heavy (non-hydrogen) atoms. The summed E-state index contributed by atoms with van der Waals surface area (Å²) in [6, 6.07) is 5.34. The number of benzene rings is 1. The maximum atomic E-state index is 12.6. The average Bonchev–Trinajstić information content (AvgIpc) is 2.83. The molecule has 0 atom stereocenters. The van der Waals surface area contributed by atoms with Gasteiger partial charge in [-0.3, -0.25) is 4.79 Å². The van der Waals surface area contributed by atoms with Crippen LogP contribution in [0.1, 0.15) is 16.2 Å². The van der Waals surface area contributed by atoms with Crippen LogP contribution in [0.25, 0.3) is 0 Å². The van der Waals surface area contributed by atoms with Gasteiger partial charge in [0.05, 0.1) is 0 Å². The molecule has 1 heterocycles. The van der Waals surface area contributed by atoms with Crippen LogP contribution in [-0.2, 0) is 6.42 Å². The fraction of sp³-hybridized carbons (Fsp3) is 0.182. The highest BCUT2D eigenvalue weighted by Crippen LogP contribution is 2.02. The predicted molar refractivity (Wildman–Crippen MR) is 56.7 cm³/mol. The summed E-state index contributed by atoms with van der Waals surface area (Å²) >= 11 is 0. The minimum absolute atomic E-state index is 0.260. The number of carbonyl (C=O) groups excluding carboxylic acids is 1. The number of amides is 1. The van der Waals surface area contributed by atoms with E-state index in [1.165, 1.54) is 30.6 Å². The molecule has 0 saturated carbocycles. The second-order valence-electron chi connectivity index (χ2n) is 3.35.